The molecule has 1 aliphatic heterocycles. The van der Waals surface area contributed by atoms with Crippen LogP contribution in [0.15, 0.2) is 42.4 Å². The molecule has 1 aromatic heterocycles. The summed E-state index contributed by atoms with van der Waals surface area (Å²) < 4.78 is 15.7. The van der Waals surface area contributed by atoms with Crippen molar-refractivity contribution in [2.24, 2.45) is 0 Å². The summed E-state index contributed by atoms with van der Waals surface area (Å²) >= 11 is 0. The number of nitrogens with one attached hydrogen (secondary N) is 1. The van der Waals surface area contributed by atoms with Crippen LogP contribution in [0.25, 0.3) is 5.69 Å². The summed E-state index contributed by atoms with van der Waals surface area (Å²) in [5.74, 6) is -1.59. The Morgan fingerprint density at radius 3 is 2.75 bits per heavy atom. The minimum Gasteiger partial charge on any atom is -0.395 e. The van der Waals surface area contributed by atoms with E-state index in [1.54, 1.807) is 18.5 Å². The van der Waals surface area contributed by atoms with Gasteiger partial charge in [0.2, 0.25) is 0 Å². The lowest BCUT2D eigenvalue weighted by atomic mass is 10.2. The molecule has 7 nitrogen and oxygen atoms in total. The van der Waals surface area contributed by atoms with E-state index in [9.17, 15) is 14.0 Å². The molecule has 24 heavy (non-hydrogen) atoms. The maximum absolute atomic E-state index is 14.3. The quantitative estimate of drug-likeness (QED) is 0.798. The number of hydrogen-bond donors (Lipinski definition) is 2. The molecule has 2 N–H and O–H groups in total. The molecule has 2 aromatic rings. The van der Waals surface area contributed by atoms with Gasteiger partial charge in [0.15, 0.2) is 5.82 Å². The number of rotatable bonds is 5. The van der Waals surface area contributed by atoms with Crippen molar-refractivity contribution in [3.05, 3.63) is 53.7 Å². The smallest absolute Gasteiger partial charge is 0.277 e. The van der Waals surface area contributed by atoms with Gasteiger partial charge in [0.25, 0.3) is 11.8 Å². The van der Waals surface area contributed by atoms with E-state index in [4.69, 9.17) is 5.11 Å². The Balaban J connectivity index is 1.80. The average Bonchev–Trinajstić information content (AvgIpc) is 3.07. The number of β-amino-alcohol motifs (C(OH)–C–C–N with tert-alkyl or cyclic N) is 1. The molecule has 1 aliphatic rings. The zero-order valence-electron chi connectivity index (χ0n) is 12.9. The van der Waals surface area contributed by atoms with Gasteiger partial charge >= 0.3 is 0 Å². The molecular formula is C16H15FN4O3. The second-order valence-corrected chi connectivity index (χ2v) is 5.33. The van der Waals surface area contributed by atoms with Crippen LogP contribution >= 0.6 is 0 Å². The van der Waals surface area contributed by atoms with Crippen LogP contribution in [-0.2, 0) is 9.59 Å². The molecule has 0 radical (unpaired) electrons. The Hall–Kier alpha value is -3.00. The maximum atomic E-state index is 14.3. The predicted molar refractivity (Wildman–Crippen MR) is 83.8 cm³/mol. The molecule has 0 aliphatic carbocycles. The van der Waals surface area contributed by atoms with Crippen LogP contribution in [0.1, 0.15) is 5.56 Å². The van der Waals surface area contributed by atoms with Crippen LogP contribution in [0, 0.1) is 12.7 Å². The number of hydrogen-bond acceptors (Lipinski definition) is 5. The maximum Gasteiger partial charge on any atom is 0.277 e. The third-order valence-corrected chi connectivity index (χ3v) is 3.52. The van der Waals surface area contributed by atoms with Crippen molar-refractivity contribution < 1.29 is 19.1 Å². The van der Waals surface area contributed by atoms with Crippen molar-refractivity contribution in [2.45, 2.75) is 6.92 Å². The van der Waals surface area contributed by atoms with Gasteiger partial charge in [-0.25, -0.2) is 9.07 Å². The molecule has 8 heteroatoms. The first-order chi connectivity index (χ1) is 11.5. The monoisotopic (exact) mass is 330 g/mol. The first kappa shape index (κ1) is 15.9. The van der Waals surface area contributed by atoms with Gasteiger partial charge in [-0.2, -0.15) is 5.10 Å². The first-order valence-electron chi connectivity index (χ1n) is 7.26. The van der Waals surface area contributed by atoms with Crippen molar-refractivity contribution in [3.63, 3.8) is 0 Å². The summed E-state index contributed by atoms with van der Waals surface area (Å²) in [5.41, 5.74) is 1.55. The Morgan fingerprint density at radius 1 is 1.33 bits per heavy atom. The molecule has 2 heterocycles. The summed E-state index contributed by atoms with van der Waals surface area (Å²) in [4.78, 5) is 24.6. The number of carbonyl (C=O) groups excluding carboxylic acids is 2. The molecule has 1 aromatic carbocycles. The zero-order valence-corrected chi connectivity index (χ0v) is 12.9. The fraction of sp³-hybridized carbons (Fsp3) is 0.188. The van der Waals surface area contributed by atoms with E-state index in [0.29, 0.717) is 5.69 Å². The molecule has 2 amide bonds. The topological polar surface area (TPSA) is 87.5 Å². The predicted octanol–water partition coefficient (Wildman–Crippen LogP) is 0.977. The normalized spacial score (nSPS) is 14.3. The summed E-state index contributed by atoms with van der Waals surface area (Å²) in [6.45, 7) is 1.46. The lowest BCUT2D eigenvalue weighted by molar-refractivity contribution is -0.137. The third kappa shape index (κ3) is 2.91. The van der Waals surface area contributed by atoms with Gasteiger partial charge in [-0.1, -0.05) is 0 Å². The van der Waals surface area contributed by atoms with Gasteiger partial charge in [-0.15, -0.1) is 0 Å². The highest BCUT2D eigenvalue weighted by Crippen LogP contribution is 2.21. The van der Waals surface area contributed by atoms with E-state index >= 15 is 0 Å². The number of aromatic nitrogens is 2. The third-order valence-electron chi connectivity index (χ3n) is 3.52. The van der Waals surface area contributed by atoms with Crippen LogP contribution in [0.4, 0.5) is 10.1 Å². The molecule has 0 atom stereocenters. The number of aryl methyl sites for hydroxylation is 1. The van der Waals surface area contributed by atoms with E-state index in [2.05, 4.69) is 10.4 Å². The van der Waals surface area contributed by atoms with Crippen LogP contribution in [0.3, 0.4) is 0 Å². The van der Waals surface area contributed by atoms with Crippen molar-refractivity contribution >= 4 is 17.5 Å². The second-order valence-electron chi connectivity index (χ2n) is 5.33. The standard InChI is InChI=1S/C16H15FN4O3/c1-10-8-18-21(9-10)14-3-2-11(6-12(14)17)19-13-7-15(23)20(4-5-22)16(13)24/h2-3,6-9,19,22H,4-5H2,1H3. The highest BCUT2D eigenvalue weighted by Gasteiger charge is 2.30. The number of aliphatic hydroxyl groups excluding tert-OH is 1. The number of aliphatic hydroxyl groups is 1. The van der Waals surface area contributed by atoms with Gasteiger partial charge in [-0.3, -0.25) is 14.5 Å². The largest absolute Gasteiger partial charge is 0.395 e. The minimum absolute atomic E-state index is 0.0375. The van der Waals surface area contributed by atoms with Crippen molar-refractivity contribution in [2.75, 3.05) is 18.5 Å². The fourth-order valence-corrected chi connectivity index (χ4v) is 2.38. The van der Waals surface area contributed by atoms with Crippen molar-refractivity contribution in [3.8, 4) is 5.69 Å². The number of halogens is 1. The molecule has 0 saturated carbocycles. The Kier molecular flexibility index (Phi) is 4.13. The summed E-state index contributed by atoms with van der Waals surface area (Å²) in [5, 5.41) is 15.6. The highest BCUT2D eigenvalue weighted by atomic mass is 19.1. The number of anilines is 1. The van der Waals surface area contributed by atoms with Crippen molar-refractivity contribution in [1.29, 1.82) is 0 Å². The highest BCUT2D eigenvalue weighted by molar-refractivity contribution is 6.17. The lowest BCUT2D eigenvalue weighted by Gasteiger charge is -2.13. The van der Waals surface area contributed by atoms with E-state index < -0.39 is 17.6 Å². The van der Waals surface area contributed by atoms with Gasteiger partial charge < -0.3 is 10.4 Å². The Morgan fingerprint density at radius 2 is 2.12 bits per heavy atom. The van der Waals surface area contributed by atoms with E-state index in [1.807, 2.05) is 6.92 Å². The van der Waals surface area contributed by atoms with Crippen molar-refractivity contribution in [1.82, 2.24) is 14.7 Å². The summed E-state index contributed by atoms with van der Waals surface area (Å²) in [6, 6.07) is 4.33. The van der Waals surface area contributed by atoms with Crippen LogP contribution in [0.2, 0.25) is 0 Å². The molecule has 124 valence electrons. The lowest BCUT2D eigenvalue weighted by Crippen LogP contribution is -2.34. The number of benzene rings is 1. The molecule has 0 bridgehead atoms. The molecular weight excluding hydrogens is 315 g/mol. The SMILES string of the molecule is Cc1cnn(-c2ccc(NC3=CC(=O)N(CCO)C3=O)cc2F)c1. The van der Waals surface area contributed by atoms with Crippen LogP contribution < -0.4 is 5.32 Å². The number of nitrogens with zero attached hydrogens (tertiary/aromatic N) is 3. The van der Waals surface area contributed by atoms with E-state index in [1.165, 1.54) is 16.8 Å². The van der Waals surface area contributed by atoms with Crippen LogP contribution in [-0.4, -0.2) is 44.8 Å². The molecule has 0 fully saturated rings. The van der Waals surface area contributed by atoms with E-state index in [-0.39, 0.29) is 24.5 Å². The van der Waals surface area contributed by atoms with Gasteiger partial charge in [0.1, 0.15) is 11.4 Å². The molecule has 0 saturated heterocycles. The van der Waals surface area contributed by atoms with E-state index in [0.717, 1.165) is 16.5 Å². The fourth-order valence-electron chi connectivity index (χ4n) is 2.38. The summed E-state index contributed by atoms with van der Waals surface area (Å²) in [7, 11) is 0. The number of imide groups is 1. The Labute approximate surface area is 137 Å². The molecule has 3 rings (SSSR count). The second kappa shape index (κ2) is 6.25. The Bertz CT molecular complexity index is 844. The average molecular weight is 330 g/mol. The molecule has 0 unspecified atom stereocenters. The summed E-state index contributed by atoms with van der Waals surface area (Å²) in [6.07, 6.45) is 4.44. The van der Waals surface area contributed by atoms with Gasteiger partial charge in [-0.05, 0) is 30.7 Å². The van der Waals surface area contributed by atoms with Crippen LogP contribution in [0.5, 0.6) is 0 Å². The number of amides is 2. The van der Waals surface area contributed by atoms with Gasteiger partial charge in [0.05, 0.1) is 19.3 Å². The van der Waals surface area contributed by atoms with Gasteiger partial charge in [0, 0.05) is 18.0 Å². The zero-order chi connectivity index (χ0) is 17.3. The first-order valence-corrected chi connectivity index (χ1v) is 7.26. The minimum atomic E-state index is -0.554. The number of carbonyl (C=O) groups is 2. The molecule has 0 spiro atoms.